The van der Waals surface area contributed by atoms with Gasteiger partial charge in [0.2, 0.25) is 5.91 Å². The van der Waals surface area contributed by atoms with Gasteiger partial charge in [-0.25, -0.2) is 4.98 Å². The number of halogens is 1. The topological polar surface area (TPSA) is 59.5 Å². The van der Waals surface area contributed by atoms with E-state index in [-0.39, 0.29) is 12.5 Å². The highest BCUT2D eigenvalue weighted by Crippen LogP contribution is 2.23. The summed E-state index contributed by atoms with van der Waals surface area (Å²) in [5.74, 6) is -0.421. The number of anilines is 1. The third-order valence-electron chi connectivity index (χ3n) is 2.68. The average molecular weight is 329 g/mol. The van der Waals surface area contributed by atoms with Crippen molar-refractivity contribution in [2.24, 2.45) is 5.41 Å². The third kappa shape index (κ3) is 3.53. The zero-order valence-corrected chi connectivity index (χ0v) is 13.0. The average Bonchev–Trinajstić information content (AvgIpc) is 2.38. The number of pyridine rings is 1. The molecule has 1 amide bonds. The van der Waals surface area contributed by atoms with Crippen molar-refractivity contribution in [3.63, 3.8) is 0 Å². The van der Waals surface area contributed by atoms with Gasteiger partial charge >= 0.3 is 5.97 Å². The Labute approximate surface area is 121 Å². The summed E-state index contributed by atoms with van der Waals surface area (Å²) in [6.45, 7) is 5.04. The van der Waals surface area contributed by atoms with E-state index < -0.39 is 11.4 Å². The molecule has 6 heteroatoms. The monoisotopic (exact) mass is 328 g/mol. The van der Waals surface area contributed by atoms with Gasteiger partial charge in [0.1, 0.15) is 11.2 Å². The van der Waals surface area contributed by atoms with E-state index in [4.69, 9.17) is 4.74 Å². The smallest absolute Gasteiger partial charge is 0.321 e. The van der Waals surface area contributed by atoms with E-state index in [9.17, 15) is 9.59 Å². The Morgan fingerprint density at radius 2 is 2.05 bits per heavy atom. The van der Waals surface area contributed by atoms with Crippen molar-refractivity contribution < 1.29 is 14.3 Å². The molecule has 0 radical (unpaired) electrons. The number of nitrogens with zero attached hydrogens (tertiary/aromatic N) is 2. The van der Waals surface area contributed by atoms with Crippen LogP contribution in [0.25, 0.3) is 0 Å². The van der Waals surface area contributed by atoms with Crippen LogP contribution in [-0.4, -0.2) is 30.5 Å². The van der Waals surface area contributed by atoms with Crippen LogP contribution in [0, 0.1) is 5.41 Å². The lowest BCUT2D eigenvalue weighted by molar-refractivity contribution is -0.157. The molecule has 0 aliphatic rings. The molecule has 0 spiro atoms. The zero-order chi connectivity index (χ0) is 14.6. The molecule has 0 aromatic carbocycles. The van der Waals surface area contributed by atoms with Gasteiger partial charge in [0.25, 0.3) is 0 Å². The van der Waals surface area contributed by atoms with Crippen LogP contribution in [0.5, 0.6) is 0 Å². The van der Waals surface area contributed by atoms with Crippen LogP contribution < -0.4 is 4.90 Å². The molecule has 5 nitrogen and oxygen atoms in total. The van der Waals surface area contributed by atoms with Gasteiger partial charge in [-0.2, -0.15) is 0 Å². The van der Waals surface area contributed by atoms with Gasteiger partial charge in [0.15, 0.2) is 0 Å². The predicted octanol–water partition coefficient (Wildman–Crippen LogP) is 2.40. The maximum atomic E-state index is 12.3. The van der Waals surface area contributed by atoms with Crippen LogP contribution in [0.15, 0.2) is 22.8 Å². The van der Waals surface area contributed by atoms with E-state index in [1.165, 1.54) is 4.90 Å². The summed E-state index contributed by atoms with van der Waals surface area (Å²) in [6.07, 6.45) is 1.59. The van der Waals surface area contributed by atoms with Gasteiger partial charge in [0.05, 0.1) is 6.61 Å². The number of esters is 1. The number of aromatic nitrogens is 1. The van der Waals surface area contributed by atoms with E-state index in [1.54, 1.807) is 46.1 Å². The summed E-state index contributed by atoms with van der Waals surface area (Å²) >= 11 is 3.27. The second-order valence-corrected chi connectivity index (χ2v) is 5.46. The minimum absolute atomic E-state index is 0.246. The van der Waals surface area contributed by atoms with Gasteiger partial charge < -0.3 is 4.74 Å². The summed E-state index contributed by atoms with van der Waals surface area (Å²) < 4.78 is 5.74. The predicted molar refractivity (Wildman–Crippen MR) is 75.8 cm³/mol. The molecule has 0 N–H and O–H groups in total. The van der Waals surface area contributed by atoms with Gasteiger partial charge in [-0.3, -0.25) is 14.5 Å². The largest absolute Gasteiger partial charge is 0.465 e. The lowest BCUT2D eigenvalue weighted by atomic mass is 9.92. The minimum atomic E-state index is -1.24. The molecule has 1 aromatic heterocycles. The van der Waals surface area contributed by atoms with E-state index in [1.807, 2.05) is 0 Å². The molecule has 0 unspecified atom stereocenters. The van der Waals surface area contributed by atoms with Gasteiger partial charge in [-0.05, 0) is 48.8 Å². The van der Waals surface area contributed by atoms with Crippen molar-refractivity contribution in [3.8, 4) is 0 Å². The van der Waals surface area contributed by atoms with Crippen molar-refractivity contribution in [1.29, 1.82) is 0 Å². The highest BCUT2D eigenvalue weighted by atomic mass is 79.9. The molecule has 0 saturated heterocycles. The Morgan fingerprint density at radius 1 is 1.42 bits per heavy atom. The zero-order valence-electron chi connectivity index (χ0n) is 11.4. The minimum Gasteiger partial charge on any atom is -0.465 e. The van der Waals surface area contributed by atoms with Crippen molar-refractivity contribution in [2.75, 3.05) is 18.6 Å². The number of hydrogen-bond donors (Lipinski definition) is 0. The summed E-state index contributed by atoms with van der Waals surface area (Å²) in [6, 6.07) is 3.48. The van der Waals surface area contributed by atoms with Crippen molar-refractivity contribution in [3.05, 3.63) is 22.8 Å². The fraction of sp³-hybridized carbons (Fsp3) is 0.462. The first-order valence-electron chi connectivity index (χ1n) is 5.87. The summed E-state index contributed by atoms with van der Waals surface area (Å²) in [4.78, 5) is 29.6. The maximum Gasteiger partial charge on any atom is 0.321 e. The molecular formula is C13H17BrN2O3. The molecule has 1 aromatic rings. The van der Waals surface area contributed by atoms with Crippen LogP contribution in [0.2, 0.25) is 0 Å². The fourth-order valence-electron chi connectivity index (χ4n) is 1.49. The second-order valence-electron chi connectivity index (χ2n) is 4.54. The van der Waals surface area contributed by atoms with Crippen LogP contribution in [-0.2, 0) is 14.3 Å². The SMILES string of the molecule is CCOC(=O)C(C)(C)C(=O)N(C)c1ccc(Br)cn1. The van der Waals surface area contributed by atoms with E-state index >= 15 is 0 Å². The third-order valence-corrected chi connectivity index (χ3v) is 3.15. The molecule has 1 rings (SSSR count). The van der Waals surface area contributed by atoms with Gasteiger partial charge in [-0.15, -0.1) is 0 Å². The Balaban J connectivity index is 2.92. The quantitative estimate of drug-likeness (QED) is 0.629. The normalized spacial score (nSPS) is 11.0. The Kier molecular flexibility index (Phi) is 5.05. The first kappa shape index (κ1) is 15.6. The number of amides is 1. The number of ether oxygens (including phenoxy) is 1. The standard InChI is InChI=1S/C13H17BrN2O3/c1-5-19-12(18)13(2,3)11(17)16(4)10-7-6-9(14)8-15-10/h6-8H,5H2,1-4H3. The number of rotatable bonds is 4. The number of carbonyl (C=O) groups excluding carboxylic acids is 2. The Morgan fingerprint density at radius 3 is 2.53 bits per heavy atom. The molecule has 104 valence electrons. The molecule has 0 aliphatic heterocycles. The van der Waals surface area contributed by atoms with Crippen LogP contribution in [0.1, 0.15) is 20.8 Å². The lowest BCUT2D eigenvalue weighted by Gasteiger charge is -2.26. The molecule has 0 fully saturated rings. The highest BCUT2D eigenvalue weighted by Gasteiger charge is 2.40. The van der Waals surface area contributed by atoms with Crippen molar-refractivity contribution in [2.45, 2.75) is 20.8 Å². The molecule has 0 saturated carbocycles. The molecule has 0 atom stereocenters. The second kappa shape index (κ2) is 6.14. The van der Waals surface area contributed by atoms with Crippen LogP contribution in [0.3, 0.4) is 0 Å². The molecule has 1 heterocycles. The van der Waals surface area contributed by atoms with Crippen molar-refractivity contribution in [1.82, 2.24) is 4.98 Å². The number of carbonyl (C=O) groups is 2. The fourth-order valence-corrected chi connectivity index (χ4v) is 1.72. The van der Waals surface area contributed by atoms with Gasteiger partial charge in [0, 0.05) is 17.7 Å². The van der Waals surface area contributed by atoms with Gasteiger partial charge in [-0.1, -0.05) is 0 Å². The summed E-state index contributed by atoms with van der Waals surface area (Å²) in [5, 5.41) is 0. The van der Waals surface area contributed by atoms with Crippen molar-refractivity contribution >= 4 is 33.6 Å². The maximum absolute atomic E-state index is 12.3. The van der Waals surface area contributed by atoms with Crippen LogP contribution in [0.4, 0.5) is 5.82 Å². The molecule has 0 bridgehead atoms. The lowest BCUT2D eigenvalue weighted by Crippen LogP contribution is -2.44. The summed E-state index contributed by atoms with van der Waals surface area (Å²) in [5.41, 5.74) is -1.24. The molecule has 0 aliphatic carbocycles. The van der Waals surface area contributed by atoms with Crippen LogP contribution >= 0.6 is 15.9 Å². The first-order chi connectivity index (χ1) is 8.80. The Bertz CT molecular complexity index is 471. The summed E-state index contributed by atoms with van der Waals surface area (Å²) in [7, 11) is 1.58. The van der Waals surface area contributed by atoms with E-state index in [0.717, 1.165) is 4.47 Å². The first-order valence-corrected chi connectivity index (χ1v) is 6.67. The Hall–Kier alpha value is -1.43. The number of hydrogen-bond acceptors (Lipinski definition) is 4. The highest BCUT2D eigenvalue weighted by molar-refractivity contribution is 9.10. The van der Waals surface area contributed by atoms with E-state index in [2.05, 4.69) is 20.9 Å². The molecule has 19 heavy (non-hydrogen) atoms. The molecular weight excluding hydrogens is 312 g/mol. The van der Waals surface area contributed by atoms with E-state index in [0.29, 0.717) is 5.82 Å².